The first kappa shape index (κ1) is 17.7. The number of carbonyl (C=O) groups excluding carboxylic acids is 2. The number of hydrogen-bond donors (Lipinski definition) is 1. The Morgan fingerprint density at radius 1 is 1.22 bits per heavy atom. The highest BCUT2D eigenvalue weighted by Gasteiger charge is 2.19. The summed E-state index contributed by atoms with van der Waals surface area (Å²) >= 11 is 3.35. The molecule has 1 aliphatic rings. The van der Waals surface area contributed by atoms with Gasteiger partial charge in [-0.05, 0) is 55.4 Å². The van der Waals surface area contributed by atoms with Crippen LogP contribution in [0.3, 0.4) is 0 Å². The van der Waals surface area contributed by atoms with E-state index in [1.54, 1.807) is 6.08 Å². The molecule has 0 aromatic heterocycles. The molecule has 5 heteroatoms. The third-order valence-corrected chi connectivity index (χ3v) is 4.54. The second-order valence-corrected chi connectivity index (χ2v) is 6.93. The van der Waals surface area contributed by atoms with Gasteiger partial charge >= 0.3 is 5.97 Å². The monoisotopic (exact) mass is 379 g/mol. The van der Waals surface area contributed by atoms with E-state index in [-0.39, 0.29) is 18.6 Å². The molecule has 0 aliphatic heterocycles. The van der Waals surface area contributed by atoms with Crippen molar-refractivity contribution in [3.05, 3.63) is 40.4 Å². The number of esters is 1. The lowest BCUT2D eigenvalue weighted by atomic mass is 9.87. The van der Waals surface area contributed by atoms with Gasteiger partial charge in [-0.15, -0.1) is 0 Å². The van der Waals surface area contributed by atoms with Crippen LogP contribution in [0.5, 0.6) is 0 Å². The summed E-state index contributed by atoms with van der Waals surface area (Å²) in [6.07, 6.45) is 7.28. The average Bonchev–Trinajstić information content (AvgIpc) is 2.54. The molecule has 23 heavy (non-hydrogen) atoms. The van der Waals surface area contributed by atoms with Crippen LogP contribution in [0.2, 0.25) is 0 Å². The second kappa shape index (κ2) is 8.87. The van der Waals surface area contributed by atoms with E-state index in [1.165, 1.54) is 6.08 Å². The maximum absolute atomic E-state index is 11.8. The number of carbonyl (C=O) groups is 2. The number of rotatable bonds is 5. The summed E-state index contributed by atoms with van der Waals surface area (Å²) in [6, 6.07) is 7.76. The SMILES string of the molecule is CC1CCC(NC(=O)COC(=O)/C=C/c2ccc(Br)cc2)CC1. The molecule has 1 aromatic rings. The molecule has 1 amide bonds. The highest BCUT2D eigenvalue weighted by molar-refractivity contribution is 9.10. The maximum atomic E-state index is 11.8. The Morgan fingerprint density at radius 3 is 2.52 bits per heavy atom. The van der Waals surface area contributed by atoms with E-state index < -0.39 is 5.97 Å². The molecule has 4 nitrogen and oxygen atoms in total. The van der Waals surface area contributed by atoms with Crippen molar-refractivity contribution < 1.29 is 14.3 Å². The predicted molar refractivity (Wildman–Crippen MR) is 93.7 cm³/mol. The Bertz CT molecular complexity index is 560. The fourth-order valence-electron chi connectivity index (χ4n) is 2.60. The fourth-order valence-corrected chi connectivity index (χ4v) is 2.86. The van der Waals surface area contributed by atoms with E-state index in [2.05, 4.69) is 28.2 Å². The number of hydrogen-bond acceptors (Lipinski definition) is 3. The van der Waals surface area contributed by atoms with Gasteiger partial charge in [0.1, 0.15) is 0 Å². The molecule has 0 saturated heterocycles. The summed E-state index contributed by atoms with van der Waals surface area (Å²) in [6.45, 7) is 2.01. The van der Waals surface area contributed by atoms with Gasteiger partial charge in [-0.25, -0.2) is 4.79 Å². The smallest absolute Gasteiger partial charge is 0.331 e. The number of benzene rings is 1. The Kier molecular flexibility index (Phi) is 6.84. The fraction of sp³-hybridized carbons (Fsp3) is 0.444. The van der Waals surface area contributed by atoms with Gasteiger partial charge in [0, 0.05) is 16.6 Å². The second-order valence-electron chi connectivity index (χ2n) is 6.02. The summed E-state index contributed by atoms with van der Waals surface area (Å²) in [7, 11) is 0. The van der Waals surface area contributed by atoms with Crippen LogP contribution in [0.1, 0.15) is 38.2 Å². The van der Waals surface area contributed by atoms with Crippen LogP contribution in [0.25, 0.3) is 6.08 Å². The standard InChI is InChI=1S/C18H22BrNO3/c1-13-2-9-16(10-3-13)20-17(21)12-23-18(22)11-6-14-4-7-15(19)8-5-14/h4-8,11,13,16H,2-3,9-10,12H2,1H3,(H,20,21)/b11-6+. The van der Waals surface area contributed by atoms with E-state index >= 15 is 0 Å². The summed E-state index contributed by atoms with van der Waals surface area (Å²) in [5.74, 6) is 0.00000638. The predicted octanol–water partition coefficient (Wildman–Crippen LogP) is 3.70. The minimum atomic E-state index is -0.514. The molecule has 1 aliphatic carbocycles. The highest BCUT2D eigenvalue weighted by atomic mass is 79.9. The third kappa shape index (κ3) is 6.57. The van der Waals surface area contributed by atoms with E-state index in [0.717, 1.165) is 41.6 Å². The van der Waals surface area contributed by atoms with E-state index in [4.69, 9.17) is 4.74 Å². The molecule has 0 radical (unpaired) electrons. The zero-order chi connectivity index (χ0) is 16.7. The van der Waals surface area contributed by atoms with Crippen molar-refractivity contribution in [2.75, 3.05) is 6.61 Å². The van der Waals surface area contributed by atoms with Crippen LogP contribution < -0.4 is 5.32 Å². The molecule has 1 N–H and O–H groups in total. The Morgan fingerprint density at radius 2 is 1.87 bits per heavy atom. The summed E-state index contributed by atoms with van der Waals surface area (Å²) in [5.41, 5.74) is 0.894. The molecule has 0 spiro atoms. The van der Waals surface area contributed by atoms with Crippen molar-refractivity contribution in [2.24, 2.45) is 5.92 Å². The van der Waals surface area contributed by atoms with Gasteiger partial charge in [-0.2, -0.15) is 0 Å². The van der Waals surface area contributed by atoms with Crippen molar-refractivity contribution in [2.45, 2.75) is 38.6 Å². The van der Waals surface area contributed by atoms with Crippen molar-refractivity contribution in [1.29, 1.82) is 0 Å². The first-order chi connectivity index (χ1) is 11.0. The lowest BCUT2D eigenvalue weighted by molar-refractivity contribution is -0.144. The number of halogens is 1. The molecule has 1 fully saturated rings. The molecular formula is C18H22BrNO3. The molecule has 0 atom stereocenters. The van der Waals surface area contributed by atoms with Crippen LogP contribution in [-0.2, 0) is 14.3 Å². The van der Waals surface area contributed by atoms with E-state index in [0.29, 0.717) is 0 Å². The number of nitrogens with one attached hydrogen (secondary N) is 1. The van der Waals surface area contributed by atoms with Crippen molar-refractivity contribution in [1.82, 2.24) is 5.32 Å². The molecule has 0 heterocycles. The minimum absolute atomic E-state index is 0.218. The number of amides is 1. The highest BCUT2D eigenvalue weighted by Crippen LogP contribution is 2.23. The topological polar surface area (TPSA) is 55.4 Å². The Labute approximate surface area is 145 Å². The largest absolute Gasteiger partial charge is 0.452 e. The molecule has 0 bridgehead atoms. The summed E-state index contributed by atoms with van der Waals surface area (Å²) in [4.78, 5) is 23.4. The van der Waals surface area contributed by atoms with Gasteiger partial charge in [-0.3, -0.25) is 4.79 Å². The van der Waals surface area contributed by atoms with Crippen LogP contribution in [-0.4, -0.2) is 24.5 Å². The zero-order valence-corrected chi connectivity index (χ0v) is 14.8. The first-order valence-electron chi connectivity index (χ1n) is 7.92. The van der Waals surface area contributed by atoms with Gasteiger partial charge in [0.2, 0.25) is 0 Å². The third-order valence-electron chi connectivity index (χ3n) is 4.01. The Hall–Kier alpha value is -1.62. The van der Waals surface area contributed by atoms with E-state index in [9.17, 15) is 9.59 Å². The van der Waals surface area contributed by atoms with Crippen molar-refractivity contribution in [3.8, 4) is 0 Å². The van der Waals surface area contributed by atoms with Gasteiger partial charge in [-0.1, -0.05) is 35.0 Å². The lowest BCUT2D eigenvalue weighted by Gasteiger charge is -2.26. The maximum Gasteiger partial charge on any atom is 0.331 e. The normalized spacial score (nSPS) is 21.1. The van der Waals surface area contributed by atoms with Gasteiger partial charge in [0.15, 0.2) is 6.61 Å². The van der Waals surface area contributed by atoms with Crippen LogP contribution in [0, 0.1) is 5.92 Å². The molecule has 1 aromatic carbocycles. The Balaban J connectivity index is 1.69. The van der Waals surface area contributed by atoms with Crippen LogP contribution >= 0.6 is 15.9 Å². The van der Waals surface area contributed by atoms with Crippen molar-refractivity contribution >= 4 is 33.9 Å². The van der Waals surface area contributed by atoms with E-state index in [1.807, 2.05) is 24.3 Å². The molecule has 124 valence electrons. The average molecular weight is 380 g/mol. The zero-order valence-electron chi connectivity index (χ0n) is 13.3. The number of ether oxygens (including phenoxy) is 1. The minimum Gasteiger partial charge on any atom is -0.452 e. The summed E-state index contributed by atoms with van der Waals surface area (Å²) < 4.78 is 5.94. The van der Waals surface area contributed by atoms with Gasteiger partial charge in [0.25, 0.3) is 5.91 Å². The van der Waals surface area contributed by atoms with Crippen molar-refractivity contribution in [3.63, 3.8) is 0 Å². The summed E-state index contributed by atoms with van der Waals surface area (Å²) in [5, 5.41) is 2.93. The van der Waals surface area contributed by atoms with Crippen LogP contribution in [0.4, 0.5) is 0 Å². The lowest BCUT2D eigenvalue weighted by Crippen LogP contribution is -2.39. The molecule has 2 rings (SSSR count). The molecule has 1 saturated carbocycles. The molecule has 0 unspecified atom stereocenters. The quantitative estimate of drug-likeness (QED) is 0.626. The van der Waals surface area contributed by atoms with Gasteiger partial charge < -0.3 is 10.1 Å². The van der Waals surface area contributed by atoms with Gasteiger partial charge in [0.05, 0.1) is 0 Å². The first-order valence-corrected chi connectivity index (χ1v) is 8.72. The van der Waals surface area contributed by atoms with Crippen LogP contribution in [0.15, 0.2) is 34.8 Å². The molecular weight excluding hydrogens is 358 g/mol.